The van der Waals surface area contributed by atoms with Crippen LogP contribution in [0, 0.1) is 0 Å². The molecule has 0 saturated heterocycles. The summed E-state index contributed by atoms with van der Waals surface area (Å²) >= 11 is 0. The Bertz CT molecular complexity index is 454. The van der Waals surface area contributed by atoms with E-state index in [1.807, 2.05) is 6.92 Å². The Balaban J connectivity index is 3.20. The van der Waals surface area contributed by atoms with Gasteiger partial charge in [-0.15, -0.1) is 0 Å². The minimum atomic E-state index is -0.521. The highest BCUT2D eigenvalue weighted by molar-refractivity contribution is 5.99. The fourth-order valence-electron chi connectivity index (χ4n) is 1.47. The molecule has 0 atom stereocenters. The minimum Gasteiger partial charge on any atom is -0.493 e. The van der Waals surface area contributed by atoms with Gasteiger partial charge in [-0.05, 0) is 25.1 Å². The fraction of sp³-hybridized carbons (Fsp3) is 0.385. The highest BCUT2D eigenvalue weighted by Crippen LogP contribution is 2.21. The number of carbonyl (C=O) groups excluding carboxylic acids is 2. The van der Waals surface area contributed by atoms with Crippen LogP contribution >= 0.6 is 0 Å². The Labute approximate surface area is 106 Å². The molecule has 0 aliphatic heterocycles. The van der Waals surface area contributed by atoms with Gasteiger partial charge >= 0.3 is 5.97 Å². The number of rotatable bonds is 4. The second-order valence-electron chi connectivity index (χ2n) is 3.84. The first-order chi connectivity index (χ1) is 8.51. The molecule has 0 radical (unpaired) electrons. The molecule has 5 nitrogen and oxygen atoms in total. The second-order valence-corrected chi connectivity index (χ2v) is 3.84. The first-order valence-electron chi connectivity index (χ1n) is 5.58. The van der Waals surface area contributed by atoms with Crippen molar-refractivity contribution >= 4 is 11.9 Å². The molecule has 0 N–H and O–H groups in total. The topological polar surface area (TPSA) is 55.8 Å². The van der Waals surface area contributed by atoms with Crippen LogP contribution in [-0.4, -0.2) is 44.6 Å². The molecule has 1 aromatic rings. The molecule has 0 heterocycles. The maximum Gasteiger partial charge on any atom is 0.341 e. The van der Waals surface area contributed by atoms with Crippen molar-refractivity contribution in [2.45, 2.75) is 6.92 Å². The van der Waals surface area contributed by atoms with E-state index in [4.69, 9.17) is 4.74 Å². The van der Waals surface area contributed by atoms with Crippen molar-refractivity contribution in [1.82, 2.24) is 4.90 Å². The number of esters is 1. The number of hydrogen-bond acceptors (Lipinski definition) is 4. The summed E-state index contributed by atoms with van der Waals surface area (Å²) in [5.41, 5.74) is 0.677. The van der Waals surface area contributed by atoms with Crippen molar-refractivity contribution < 1.29 is 19.1 Å². The van der Waals surface area contributed by atoms with Gasteiger partial charge in [0.05, 0.1) is 13.7 Å². The van der Waals surface area contributed by atoms with Gasteiger partial charge in [0.2, 0.25) is 0 Å². The summed E-state index contributed by atoms with van der Waals surface area (Å²) in [5.74, 6) is -0.283. The lowest BCUT2D eigenvalue weighted by Gasteiger charge is -2.13. The number of nitrogens with zero attached hydrogens (tertiary/aromatic N) is 1. The fourth-order valence-corrected chi connectivity index (χ4v) is 1.47. The summed E-state index contributed by atoms with van der Waals surface area (Å²) in [6.07, 6.45) is 0. The third kappa shape index (κ3) is 3.00. The Morgan fingerprint density at radius 3 is 2.44 bits per heavy atom. The van der Waals surface area contributed by atoms with Gasteiger partial charge in [0.1, 0.15) is 11.3 Å². The molecule has 1 aromatic carbocycles. The van der Waals surface area contributed by atoms with E-state index in [0.29, 0.717) is 17.9 Å². The quantitative estimate of drug-likeness (QED) is 0.762. The Morgan fingerprint density at radius 1 is 1.28 bits per heavy atom. The monoisotopic (exact) mass is 251 g/mol. The van der Waals surface area contributed by atoms with E-state index in [1.54, 1.807) is 26.2 Å². The molecule has 0 unspecified atom stereocenters. The summed E-state index contributed by atoms with van der Waals surface area (Å²) in [4.78, 5) is 24.9. The third-order valence-electron chi connectivity index (χ3n) is 2.34. The summed E-state index contributed by atoms with van der Waals surface area (Å²) in [7, 11) is 4.59. The molecule has 0 aliphatic carbocycles. The molecule has 18 heavy (non-hydrogen) atoms. The van der Waals surface area contributed by atoms with Crippen LogP contribution < -0.4 is 4.74 Å². The van der Waals surface area contributed by atoms with Gasteiger partial charge in [-0.25, -0.2) is 4.79 Å². The van der Waals surface area contributed by atoms with Crippen LogP contribution in [0.5, 0.6) is 5.75 Å². The van der Waals surface area contributed by atoms with Crippen molar-refractivity contribution in [3.8, 4) is 5.75 Å². The number of carbonyl (C=O) groups is 2. The lowest BCUT2D eigenvalue weighted by molar-refractivity contribution is 0.0596. The van der Waals surface area contributed by atoms with E-state index in [9.17, 15) is 9.59 Å². The van der Waals surface area contributed by atoms with E-state index in [1.165, 1.54) is 18.1 Å². The lowest BCUT2D eigenvalue weighted by atomic mass is 10.1. The summed E-state index contributed by atoms with van der Waals surface area (Å²) in [6, 6.07) is 4.71. The molecular formula is C13H17NO4. The van der Waals surface area contributed by atoms with Gasteiger partial charge < -0.3 is 14.4 Å². The maximum absolute atomic E-state index is 11.8. The Hall–Kier alpha value is -2.04. The van der Waals surface area contributed by atoms with Gasteiger partial charge in [-0.3, -0.25) is 4.79 Å². The van der Waals surface area contributed by atoms with Crippen LogP contribution in [-0.2, 0) is 4.74 Å². The SMILES string of the molecule is CCOc1ccc(C(=O)N(C)C)cc1C(=O)OC. The zero-order chi connectivity index (χ0) is 13.7. The first-order valence-corrected chi connectivity index (χ1v) is 5.58. The van der Waals surface area contributed by atoms with Crippen molar-refractivity contribution in [2.75, 3.05) is 27.8 Å². The third-order valence-corrected chi connectivity index (χ3v) is 2.34. The number of methoxy groups -OCH3 is 1. The molecule has 0 saturated carbocycles. The summed E-state index contributed by atoms with van der Waals surface area (Å²) in [5, 5.41) is 0. The van der Waals surface area contributed by atoms with Crippen LogP contribution in [0.4, 0.5) is 0 Å². The predicted octanol–water partition coefficient (Wildman–Crippen LogP) is 1.57. The zero-order valence-corrected chi connectivity index (χ0v) is 11.0. The van der Waals surface area contributed by atoms with Gasteiger partial charge in [0, 0.05) is 19.7 Å². The molecule has 1 rings (SSSR count). The highest BCUT2D eigenvalue weighted by Gasteiger charge is 2.17. The van der Waals surface area contributed by atoms with Crippen LogP contribution in [0.25, 0.3) is 0 Å². The number of ether oxygens (including phenoxy) is 2. The van der Waals surface area contributed by atoms with Crippen molar-refractivity contribution in [1.29, 1.82) is 0 Å². The molecule has 98 valence electrons. The normalized spacial score (nSPS) is 9.78. The molecule has 0 spiro atoms. The number of amides is 1. The zero-order valence-electron chi connectivity index (χ0n) is 11.0. The van der Waals surface area contributed by atoms with E-state index in [0.717, 1.165) is 0 Å². The molecule has 0 fully saturated rings. The van der Waals surface area contributed by atoms with Gasteiger partial charge in [0.15, 0.2) is 0 Å². The second kappa shape index (κ2) is 6.05. The first kappa shape index (κ1) is 14.0. The Morgan fingerprint density at radius 2 is 1.94 bits per heavy atom. The van der Waals surface area contributed by atoms with Crippen molar-refractivity contribution in [2.24, 2.45) is 0 Å². The average molecular weight is 251 g/mol. The van der Waals surface area contributed by atoms with Gasteiger partial charge in [0.25, 0.3) is 5.91 Å². The molecule has 1 amide bonds. The van der Waals surface area contributed by atoms with Crippen LogP contribution in [0.3, 0.4) is 0 Å². The smallest absolute Gasteiger partial charge is 0.341 e. The molecule has 5 heteroatoms. The number of hydrogen-bond donors (Lipinski definition) is 0. The van der Waals surface area contributed by atoms with Gasteiger partial charge in [-0.1, -0.05) is 0 Å². The molecule has 0 aliphatic rings. The Kier molecular flexibility index (Phi) is 4.71. The molecule has 0 bridgehead atoms. The van der Waals surface area contributed by atoms with E-state index in [-0.39, 0.29) is 11.5 Å². The summed E-state index contributed by atoms with van der Waals surface area (Å²) in [6.45, 7) is 2.25. The lowest BCUT2D eigenvalue weighted by Crippen LogP contribution is -2.22. The van der Waals surface area contributed by atoms with Crippen LogP contribution in [0.1, 0.15) is 27.6 Å². The van der Waals surface area contributed by atoms with E-state index >= 15 is 0 Å². The van der Waals surface area contributed by atoms with Gasteiger partial charge in [-0.2, -0.15) is 0 Å². The van der Waals surface area contributed by atoms with Crippen LogP contribution in [0.2, 0.25) is 0 Å². The van der Waals surface area contributed by atoms with Crippen LogP contribution in [0.15, 0.2) is 18.2 Å². The standard InChI is InChI=1S/C13H17NO4/c1-5-18-11-7-6-9(12(15)14(2)3)8-10(11)13(16)17-4/h6-8H,5H2,1-4H3. The minimum absolute atomic E-state index is 0.178. The largest absolute Gasteiger partial charge is 0.493 e. The van der Waals surface area contributed by atoms with E-state index in [2.05, 4.69) is 4.74 Å². The van der Waals surface area contributed by atoms with Crippen molar-refractivity contribution in [3.05, 3.63) is 29.3 Å². The predicted molar refractivity (Wildman–Crippen MR) is 67.0 cm³/mol. The highest BCUT2D eigenvalue weighted by atomic mass is 16.5. The maximum atomic E-state index is 11.8. The van der Waals surface area contributed by atoms with E-state index < -0.39 is 5.97 Å². The molecule has 0 aromatic heterocycles. The average Bonchev–Trinajstić information content (AvgIpc) is 2.37. The summed E-state index contributed by atoms with van der Waals surface area (Å²) < 4.78 is 10.0. The van der Waals surface area contributed by atoms with Crippen molar-refractivity contribution in [3.63, 3.8) is 0 Å². The number of benzene rings is 1. The molecular weight excluding hydrogens is 234 g/mol.